The molecule has 21 heavy (non-hydrogen) atoms. The van der Waals surface area contributed by atoms with Crippen molar-refractivity contribution < 1.29 is 19.6 Å². The molecule has 0 aromatic heterocycles. The quantitative estimate of drug-likeness (QED) is 0.283. The maximum Gasteiger partial charge on any atom is 0.275 e. The third-order valence-electron chi connectivity index (χ3n) is 2.42. The van der Waals surface area contributed by atoms with E-state index in [0.29, 0.717) is 0 Å². The molecule has 1 amide bonds. The molecule has 0 unspecified atom stereocenters. The molecule has 0 heterocycles. The average molecular weight is 294 g/mol. The van der Waals surface area contributed by atoms with Gasteiger partial charge in [0.2, 0.25) is 0 Å². The van der Waals surface area contributed by atoms with Crippen LogP contribution in [0.25, 0.3) is 0 Å². The highest BCUT2D eigenvalue weighted by Crippen LogP contribution is 2.32. The number of methoxy groups -OCH3 is 1. The monoisotopic (exact) mass is 294 g/mol. The molecule has 2 N–H and O–H groups in total. The summed E-state index contributed by atoms with van der Waals surface area (Å²) in [4.78, 5) is 21.6. The number of non-ortho nitro benzene ring substituents is 1. The zero-order valence-electron chi connectivity index (χ0n) is 11.7. The number of likely N-dealkylation sites (N-methyl/N-ethyl adjacent to an activating group) is 1. The highest BCUT2D eigenvalue weighted by Gasteiger charge is 2.13. The molecule has 0 aliphatic heterocycles. The Hall–Kier alpha value is -2.97. The first-order chi connectivity index (χ1) is 9.90. The Morgan fingerprint density at radius 3 is 2.62 bits per heavy atom. The summed E-state index contributed by atoms with van der Waals surface area (Å²) < 4.78 is 4.98. The summed E-state index contributed by atoms with van der Waals surface area (Å²) in [6, 6.07) is 3.74. The van der Waals surface area contributed by atoms with Crippen LogP contribution < -0.4 is 10.1 Å². The molecule has 112 valence electrons. The van der Waals surface area contributed by atoms with Crippen molar-refractivity contribution in [2.24, 2.45) is 10.2 Å². The Bertz CT molecular complexity index is 620. The second kappa shape index (κ2) is 6.98. The first-order valence-electron chi connectivity index (χ1n) is 5.76. The third kappa shape index (κ3) is 4.00. The fourth-order valence-corrected chi connectivity index (χ4v) is 1.37. The zero-order valence-corrected chi connectivity index (χ0v) is 11.7. The van der Waals surface area contributed by atoms with Gasteiger partial charge in [-0.3, -0.25) is 14.9 Å². The summed E-state index contributed by atoms with van der Waals surface area (Å²) in [6.07, 6.45) is 0. The van der Waals surface area contributed by atoms with E-state index in [0.717, 1.165) is 0 Å². The largest absolute Gasteiger partial charge is 0.510 e. The molecule has 0 saturated heterocycles. The number of nitrogens with zero attached hydrogens (tertiary/aromatic N) is 3. The van der Waals surface area contributed by atoms with Crippen molar-refractivity contribution in [3.8, 4) is 5.75 Å². The van der Waals surface area contributed by atoms with Gasteiger partial charge in [-0.15, -0.1) is 10.2 Å². The number of nitrogens with one attached hydrogen (secondary N) is 1. The summed E-state index contributed by atoms with van der Waals surface area (Å²) in [5.74, 6) is -0.793. The van der Waals surface area contributed by atoms with E-state index in [1.807, 2.05) is 0 Å². The van der Waals surface area contributed by atoms with Gasteiger partial charge in [0.1, 0.15) is 11.4 Å². The Morgan fingerprint density at radius 1 is 1.48 bits per heavy atom. The maximum absolute atomic E-state index is 11.5. The van der Waals surface area contributed by atoms with E-state index in [9.17, 15) is 20.0 Å². The Balaban J connectivity index is 3.18. The molecular formula is C12H14N4O5. The van der Waals surface area contributed by atoms with E-state index in [4.69, 9.17) is 4.74 Å². The number of rotatable bonds is 5. The van der Waals surface area contributed by atoms with Crippen molar-refractivity contribution in [1.82, 2.24) is 5.32 Å². The van der Waals surface area contributed by atoms with Gasteiger partial charge in [-0.25, -0.2) is 0 Å². The van der Waals surface area contributed by atoms with Crippen LogP contribution in [-0.4, -0.2) is 30.1 Å². The SMILES string of the molecule is CNC(=O)/C(N=Nc1ccc([N+](=O)[O-])cc1OC)=C(/C)O. The number of nitro groups is 1. The summed E-state index contributed by atoms with van der Waals surface area (Å²) in [5.41, 5.74) is -0.241. The third-order valence-corrected chi connectivity index (χ3v) is 2.42. The van der Waals surface area contributed by atoms with E-state index in [-0.39, 0.29) is 28.6 Å². The van der Waals surface area contributed by atoms with Crippen LogP contribution in [0.2, 0.25) is 0 Å². The first-order valence-corrected chi connectivity index (χ1v) is 5.76. The second-order valence-electron chi connectivity index (χ2n) is 3.83. The number of hydrogen-bond acceptors (Lipinski definition) is 7. The number of nitro benzene ring substituents is 1. The minimum atomic E-state index is -0.611. The molecule has 9 heteroatoms. The van der Waals surface area contributed by atoms with Gasteiger partial charge in [-0.05, 0) is 13.0 Å². The Morgan fingerprint density at radius 2 is 2.14 bits per heavy atom. The molecule has 0 atom stereocenters. The van der Waals surface area contributed by atoms with Crippen molar-refractivity contribution in [2.45, 2.75) is 6.92 Å². The van der Waals surface area contributed by atoms with Crippen LogP contribution >= 0.6 is 0 Å². The lowest BCUT2D eigenvalue weighted by molar-refractivity contribution is -0.384. The van der Waals surface area contributed by atoms with Gasteiger partial charge in [0.25, 0.3) is 11.6 Å². The Kier molecular flexibility index (Phi) is 5.35. The molecule has 0 radical (unpaired) electrons. The van der Waals surface area contributed by atoms with Gasteiger partial charge >= 0.3 is 0 Å². The molecule has 0 bridgehead atoms. The maximum atomic E-state index is 11.5. The number of ether oxygens (including phenoxy) is 1. The van der Waals surface area contributed by atoms with Gasteiger partial charge < -0.3 is 15.2 Å². The smallest absolute Gasteiger partial charge is 0.275 e. The van der Waals surface area contributed by atoms with Crippen LogP contribution in [0.1, 0.15) is 6.92 Å². The van der Waals surface area contributed by atoms with Crippen molar-refractivity contribution in [2.75, 3.05) is 14.2 Å². The molecule has 0 aliphatic rings. The minimum absolute atomic E-state index is 0.125. The number of azo groups is 1. The van der Waals surface area contributed by atoms with E-state index >= 15 is 0 Å². The van der Waals surface area contributed by atoms with Crippen LogP contribution in [0.4, 0.5) is 11.4 Å². The predicted molar refractivity (Wildman–Crippen MR) is 73.6 cm³/mol. The molecule has 0 spiro atoms. The highest BCUT2D eigenvalue weighted by molar-refractivity contribution is 5.93. The van der Waals surface area contributed by atoms with Gasteiger partial charge in [0.05, 0.1) is 18.1 Å². The number of allylic oxidation sites excluding steroid dienone is 1. The van der Waals surface area contributed by atoms with Gasteiger partial charge in [0.15, 0.2) is 11.4 Å². The fraction of sp³-hybridized carbons (Fsp3) is 0.250. The van der Waals surface area contributed by atoms with Gasteiger partial charge in [0, 0.05) is 13.1 Å². The Labute approximate surface area is 120 Å². The van der Waals surface area contributed by atoms with Crippen LogP contribution in [0.15, 0.2) is 39.9 Å². The topological polar surface area (TPSA) is 126 Å². The number of carbonyl (C=O) groups is 1. The van der Waals surface area contributed by atoms with E-state index in [2.05, 4.69) is 15.5 Å². The molecule has 9 nitrogen and oxygen atoms in total. The number of aliphatic hydroxyl groups excluding tert-OH is 1. The van der Waals surface area contributed by atoms with E-state index in [1.165, 1.54) is 39.3 Å². The first kappa shape index (κ1) is 16.1. The van der Waals surface area contributed by atoms with E-state index in [1.54, 1.807) is 0 Å². The summed E-state index contributed by atoms with van der Waals surface area (Å²) in [7, 11) is 2.71. The van der Waals surface area contributed by atoms with Gasteiger partial charge in [-0.2, -0.15) is 0 Å². The van der Waals surface area contributed by atoms with Crippen LogP contribution in [-0.2, 0) is 4.79 Å². The second-order valence-corrected chi connectivity index (χ2v) is 3.83. The molecule has 1 aromatic carbocycles. The molecule has 1 rings (SSSR count). The van der Waals surface area contributed by atoms with Crippen LogP contribution in [0.5, 0.6) is 5.75 Å². The number of amides is 1. The number of hydrogen-bond donors (Lipinski definition) is 2. The van der Waals surface area contributed by atoms with Crippen molar-refractivity contribution in [3.05, 3.63) is 39.8 Å². The van der Waals surface area contributed by atoms with Crippen LogP contribution in [0.3, 0.4) is 0 Å². The molecule has 1 aromatic rings. The van der Waals surface area contributed by atoms with Crippen molar-refractivity contribution >= 4 is 17.3 Å². The number of aliphatic hydroxyl groups is 1. The minimum Gasteiger partial charge on any atom is -0.510 e. The molecule has 0 aliphatic carbocycles. The highest BCUT2D eigenvalue weighted by atomic mass is 16.6. The van der Waals surface area contributed by atoms with Gasteiger partial charge in [-0.1, -0.05) is 0 Å². The lowest BCUT2D eigenvalue weighted by Gasteiger charge is -2.04. The van der Waals surface area contributed by atoms with E-state index < -0.39 is 10.8 Å². The lowest BCUT2D eigenvalue weighted by Crippen LogP contribution is -2.20. The summed E-state index contributed by atoms with van der Waals surface area (Å²) >= 11 is 0. The number of carbonyl (C=O) groups excluding carboxylic acids is 1. The van der Waals surface area contributed by atoms with Crippen LogP contribution in [0, 0.1) is 10.1 Å². The summed E-state index contributed by atoms with van der Waals surface area (Å²) in [6.45, 7) is 1.29. The number of benzene rings is 1. The summed E-state index contributed by atoms with van der Waals surface area (Å²) in [5, 5.41) is 29.8. The normalized spacial score (nSPS) is 12.0. The molecular weight excluding hydrogens is 280 g/mol. The van der Waals surface area contributed by atoms with Crippen molar-refractivity contribution in [3.63, 3.8) is 0 Å². The molecule has 0 fully saturated rings. The molecule has 0 saturated carbocycles. The lowest BCUT2D eigenvalue weighted by atomic mass is 10.2. The fourth-order valence-electron chi connectivity index (χ4n) is 1.37. The average Bonchev–Trinajstić information content (AvgIpc) is 2.46. The standard InChI is InChI=1S/C12H14N4O5/c1-7(17)11(12(18)13-2)15-14-9-5-4-8(16(19)20)6-10(9)21-3/h4-6,17H,1-3H3,(H,13,18)/b11-7+,15-14?. The van der Waals surface area contributed by atoms with Crippen molar-refractivity contribution in [1.29, 1.82) is 0 Å². The predicted octanol–water partition coefficient (Wildman–Crippen LogP) is 2.22. The zero-order chi connectivity index (χ0) is 16.0.